The summed E-state index contributed by atoms with van der Waals surface area (Å²) < 4.78 is 28.0. The van der Waals surface area contributed by atoms with Crippen LogP contribution in [0.5, 0.6) is 0 Å². The molecule has 0 saturated carbocycles. The highest BCUT2D eigenvalue weighted by Crippen LogP contribution is 2.24. The highest BCUT2D eigenvalue weighted by atomic mass is 32.2. The number of sulfonamides is 1. The van der Waals surface area contributed by atoms with Gasteiger partial charge in [0.05, 0.1) is 10.6 Å². The molecular weight excluding hydrogens is 384 g/mol. The molecule has 0 aliphatic rings. The molecule has 150 valence electrons. The second-order valence-corrected chi connectivity index (χ2v) is 8.83. The number of benzene rings is 3. The minimum atomic E-state index is -3.75. The summed E-state index contributed by atoms with van der Waals surface area (Å²) >= 11 is 0. The van der Waals surface area contributed by atoms with Crippen LogP contribution >= 0.6 is 0 Å². The van der Waals surface area contributed by atoms with Crippen molar-refractivity contribution in [3.8, 4) is 0 Å². The summed E-state index contributed by atoms with van der Waals surface area (Å²) in [5, 5.41) is 2.88. The Labute approximate surface area is 171 Å². The van der Waals surface area contributed by atoms with E-state index in [0.717, 1.165) is 16.7 Å². The molecule has 0 spiro atoms. The lowest BCUT2D eigenvalue weighted by Gasteiger charge is -2.14. The van der Waals surface area contributed by atoms with Crippen LogP contribution in [0.4, 0.5) is 11.4 Å². The van der Waals surface area contributed by atoms with Gasteiger partial charge in [-0.2, -0.15) is 0 Å². The van der Waals surface area contributed by atoms with Crippen molar-refractivity contribution >= 4 is 27.3 Å². The number of hydrogen-bond acceptors (Lipinski definition) is 3. The first-order chi connectivity index (χ1) is 13.7. The van der Waals surface area contributed by atoms with Crippen molar-refractivity contribution in [2.45, 2.75) is 32.6 Å². The summed E-state index contributed by atoms with van der Waals surface area (Å²) in [7, 11) is -3.75. The number of nitrogens with one attached hydrogen (secondary N) is 2. The highest BCUT2D eigenvalue weighted by molar-refractivity contribution is 7.92. The maximum Gasteiger partial charge on any atom is 0.261 e. The Morgan fingerprint density at radius 1 is 0.828 bits per heavy atom. The summed E-state index contributed by atoms with van der Waals surface area (Å²) in [4.78, 5) is 12.9. The zero-order chi connectivity index (χ0) is 21.2. The van der Waals surface area contributed by atoms with Gasteiger partial charge in [-0.3, -0.25) is 9.52 Å². The number of hydrogen-bond donors (Lipinski definition) is 2. The number of carbonyl (C=O) groups is 1. The Kier molecular flexibility index (Phi) is 5.75. The number of amides is 1. The molecular formula is C23H24N2O3S. The van der Waals surface area contributed by atoms with E-state index in [1.54, 1.807) is 49.4 Å². The topological polar surface area (TPSA) is 75.3 Å². The van der Waals surface area contributed by atoms with Crippen molar-refractivity contribution in [2.75, 3.05) is 10.0 Å². The lowest BCUT2D eigenvalue weighted by atomic mass is 10.1. The van der Waals surface area contributed by atoms with E-state index in [-0.39, 0.29) is 10.8 Å². The van der Waals surface area contributed by atoms with Crippen LogP contribution in [-0.2, 0) is 10.0 Å². The molecule has 1 amide bonds. The summed E-state index contributed by atoms with van der Waals surface area (Å²) in [5.41, 5.74) is 5.24. The van der Waals surface area contributed by atoms with Gasteiger partial charge in [0.2, 0.25) is 0 Å². The SMILES string of the molecule is Cc1ccc(S(=O)(=O)Nc2cccc(C(=O)Nc3ccc(C)c(C)c3)c2C)cc1. The fourth-order valence-electron chi connectivity index (χ4n) is 2.93. The smallest absolute Gasteiger partial charge is 0.261 e. The average molecular weight is 409 g/mol. The molecule has 0 aliphatic heterocycles. The van der Waals surface area contributed by atoms with Crippen molar-refractivity contribution < 1.29 is 13.2 Å². The van der Waals surface area contributed by atoms with Crippen molar-refractivity contribution in [1.29, 1.82) is 0 Å². The molecule has 0 heterocycles. The van der Waals surface area contributed by atoms with E-state index < -0.39 is 10.0 Å². The van der Waals surface area contributed by atoms with Crippen LogP contribution in [0, 0.1) is 27.7 Å². The van der Waals surface area contributed by atoms with Gasteiger partial charge in [0.25, 0.3) is 15.9 Å². The molecule has 0 saturated heterocycles. The minimum absolute atomic E-state index is 0.174. The lowest BCUT2D eigenvalue weighted by molar-refractivity contribution is 0.102. The normalized spacial score (nSPS) is 11.2. The molecule has 6 heteroatoms. The lowest BCUT2D eigenvalue weighted by Crippen LogP contribution is -2.17. The first-order valence-corrected chi connectivity index (χ1v) is 10.7. The van der Waals surface area contributed by atoms with Crippen LogP contribution in [-0.4, -0.2) is 14.3 Å². The molecule has 0 bridgehead atoms. The molecule has 29 heavy (non-hydrogen) atoms. The predicted molar refractivity (Wildman–Crippen MR) is 117 cm³/mol. The third-order valence-electron chi connectivity index (χ3n) is 4.92. The monoisotopic (exact) mass is 408 g/mol. The van der Waals surface area contributed by atoms with Gasteiger partial charge >= 0.3 is 0 Å². The van der Waals surface area contributed by atoms with Crippen molar-refractivity contribution in [2.24, 2.45) is 0 Å². The van der Waals surface area contributed by atoms with Gasteiger partial charge in [-0.05, 0) is 80.8 Å². The van der Waals surface area contributed by atoms with Crippen LogP contribution in [0.15, 0.2) is 65.6 Å². The van der Waals surface area contributed by atoms with Gasteiger partial charge < -0.3 is 5.32 Å². The van der Waals surface area contributed by atoms with Gasteiger partial charge in [-0.1, -0.05) is 29.8 Å². The standard InChI is InChI=1S/C23H24N2O3S/c1-15-8-12-20(13-9-15)29(27,28)25-22-7-5-6-21(18(22)4)23(26)24-19-11-10-16(2)17(3)14-19/h5-14,25H,1-4H3,(H,24,26). The molecule has 5 nitrogen and oxygen atoms in total. The predicted octanol–water partition coefficient (Wildman–Crippen LogP) is 4.97. The maximum absolute atomic E-state index is 12.8. The summed E-state index contributed by atoms with van der Waals surface area (Å²) in [6.45, 7) is 7.61. The third-order valence-corrected chi connectivity index (χ3v) is 6.30. The largest absolute Gasteiger partial charge is 0.322 e. The molecule has 0 atom stereocenters. The third kappa shape index (κ3) is 4.66. The first-order valence-electron chi connectivity index (χ1n) is 9.25. The second kappa shape index (κ2) is 8.09. The van der Waals surface area contributed by atoms with Gasteiger partial charge in [0.15, 0.2) is 0 Å². The van der Waals surface area contributed by atoms with Crippen LogP contribution < -0.4 is 10.0 Å². The Morgan fingerprint density at radius 3 is 2.17 bits per heavy atom. The minimum Gasteiger partial charge on any atom is -0.322 e. The molecule has 0 aromatic heterocycles. The fourth-order valence-corrected chi connectivity index (χ4v) is 4.05. The van der Waals surface area contributed by atoms with Gasteiger partial charge in [-0.25, -0.2) is 8.42 Å². The van der Waals surface area contributed by atoms with Crippen molar-refractivity contribution in [1.82, 2.24) is 0 Å². The van der Waals surface area contributed by atoms with E-state index in [9.17, 15) is 13.2 Å². The van der Waals surface area contributed by atoms with Crippen LogP contribution in [0.3, 0.4) is 0 Å². The van der Waals surface area contributed by atoms with E-state index in [2.05, 4.69) is 10.0 Å². The molecule has 3 aromatic carbocycles. The Morgan fingerprint density at radius 2 is 1.52 bits per heavy atom. The van der Waals surface area contributed by atoms with E-state index >= 15 is 0 Å². The average Bonchev–Trinajstić information content (AvgIpc) is 2.66. The Bertz CT molecular complexity index is 1170. The zero-order valence-corrected chi connectivity index (χ0v) is 17.7. The van der Waals surface area contributed by atoms with Crippen LogP contribution in [0.25, 0.3) is 0 Å². The van der Waals surface area contributed by atoms with Gasteiger partial charge in [0, 0.05) is 11.3 Å². The Balaban J connectivity index is 1.86. The van der Waals surface area contributed by atoms with E-state index in [1.165, 1.54) is 0 Å². The van der Waals surface area contributed by atoms with Gasteiger partial charge in [0.1, 0.15) is 0 Å². The first kappa shape index (κ1) is 20.6. The van der Waals surface area contributed by atoms with Crippen molar-refractivity contribution in [3.05, 3.63) is 88.5 Å². The summed E-state index contributed by atoms with van der Waals surface area (Å²) in [6, 6.07) is 17.3. The number of rotatable bonds is 5. The molecule has 0 unspecified atom stereocenters. The molecule has 0 radical (unpaired) electrons. The zero-order valence-electron chi connectivity index (χ0n) is 16.9. The second-order valence-electron chi connectivity index (χ2n) is 7.15. The maximum atomic E-state index is 12.8. The number of anilines is 2. The van der Waals surface area contributed by atoms with E-state index in [4.69, 9.17) is 0 Å². The Hall–Kier alpha value is -3.12. The molecule has 2 N–H and O–H groups in total. The summed E-state index contributed by atoms with van der Waals surface area (Å²) in [5.74, 6) is -0.290. The van der Waals surface area contributed by atoms with Crippen LogP contribution in [0.2, 0.25) is 0 Å². The van der Waals surface area contributed by atoms with E-state index in [1.807, 2.05) is 39.0 Å². The van der Waals surface area contributed by atoms with Gasteiger partial charge in [-0.15, -0.1) is 0 Å². The van der Waals surface area contributed by atoms with Crippen molar-refractivity contribution in [3.63, 3.8) is 0 Å². The highest BCUT2D eigenvalue weighted by Gasteiger charge is 2.18. The summed E-state index contributed by atoms with van der Waals surface area (Å²) in [6.07, 6.45) is 0. The molecule has 3 aromatic rings. The quantitative estimate of drug-likeness (QED) is 0.626. The molecule has 0 fully saturated rings. The fraction of sp³-hybridized carbons (Fsp3) is 0.174. The van der Waals surface area contributed by atoms with Crippen LogP contribution in [0.1, 0.15) is 32.6 Å². The number of aryl methyl sites for hydroxylation is 3. The molecule has 0 aliphatic carbocycles. The van der Waals surface area contributed by atoms with E-state index in [0.29, 0.717) is 22.5 Å². The molecule has 3 rings (SSSR count). The number of carbonyl (C=O) groups excluding carboxylic acids is 1.